The van der Waals surface area contributed by atoms with Crippen LogP contribution in [-0.4, -0.2) is 18.0 Å². The molecule has 1 unspecified atom stereocenters. The summed E-state index contributed by atoms with van der Waals surface area (Å²) in [6.45, 7) is 5.63. The van der Waals surface area contributed by atoms with Crippen LogP contribution in [0.15, 0.2) is 18.2 Å². The van der Waals surface area contributed by atoms with Crippen molar-refractivity contribution in [3.8, 4) is 0 Å². The molecule has 0 bridgehead atoms. The fraction of sp³-hybridized carbons (Fsp3) is 0.538. The van der Waals surface area contributed by atoms with Gasteiger partial charge in [0.1, 0.15) is 0 Å². The number of rotatable bonds is 3. The summed E-state index contributed by atoms with van der Waals surface area (Å²) >= 11 is 5.89. The zero-order valence-corrected chi connectivity index (χ0v) is 10.5. The van der Waals surface area contributed by atoms with Gasteiger partial charge in [0.15, 0.2) is 0 Å². The van der Waals surface area contributed by atoms with Gasteiger partial charge >= 0.3 is 0 Å². The number of hydrogen-bond acceptors (Lipinski definition) is 2. The minimum atomic E-state index is 0.717. The van der Waals surface area contributed by atoms with Crippen LogP contribution in [0.4, 0.5) is 5.69 Å². The summed E-state index contributed by atoms with van der Waals surface area (Å²) in [5.74, 6) is 0.869. The molecule has 3 heteroatoms. The van der Waals surface area contributed by atoms with Crippen molar-refractivity contribution in [2.75, 3.05) is 18.8 Å². The monoisotopic (exact) mass is 238 g/mol. The van der Waals surface area contributed by atoms with E-state index in [1.807, 2.05) is 18.2 Å². The van der Waals surface area contributed by atoms with Crippen LogP contribution in [-0.2, 0) is 6.54 Å². The SMILES string of the molecule is CCC1CCN(Cc2ccc(Cl)cc2N)C1. The van der Waals surface area contributed by atoms with Crippen molar-refractivity contribution >= 4 is 17.3 Å². The lowest BCUT2D eigenvalue weighted by atomic mass is 10.1. The molecule has 2 rings (SSSR count). The van der Waals surface area contributed by atoms with E-state index < -0.39 is 0 Å². The maximum atomic E-state index is 5.96. The van der Waals surface area contributed by atoms with Gasteiger partial charge in [-0.2, -0.15) is 0 Å². The van der Waals surface area contributed by atoms with Crippen molar-refractivity contribution in [1.82, 2.24) is 4.90 Å². The summed E-state index contributed by atoms with van der Waals surface area (Å²) in [5, 5.41) is 0.717. The van der Waals surface area contributed by atoms with Gasteiger partial charge in [0, 0.05) is 23.8 Å². The number of nitrogens with zero attached hydrogens (tertiary/aromatic N) is 1. The van der Waals surface area contributed by atoms with Crippen LogP contribution in [0.25, 0.3) is 0 Å². The Hall–Kier alpha value is -0.730. The molecule has 1 aromatic carbocycles. The summed E-state index contributed by atoms with van der Waals surface area (Å²) in [6, 6.07) is 5.79. The molecule has 1 aromatic rings. The van der Waals surface area contributed by atoms with Gasteiger partial charge < -0.3 is 5.73 Å². The molecule has 1 aliphatic rings. The Balaban J connectivity index is 1.99. The smallest absolute Gasteiger partial charge is 0.0426 e. The van der Waals surface area contributed by atoms with E-state index in [0.717, 1.165) is 18.2 Å². The van der Waals surface area contributed by atoms with Crippen molar-refractivity contribution in [1.29, 1.82) is 0 Å². The van der Waals surface area contributed by atoms with E-state index in [1.165, 1.54) is 31.5 Å². The third-order valence-electron chi connectivity index (χ3n) is 3.45. The Bertz CT molecular complexity index is 365. The van der Waals surface area contributed by atoms with Crippen LogP contribution in [0, 0.1) is 5.92 Å². The lowest BCUT2D eigenvalue weighted by Crippen LogP contribution is -2.20. The van der Waals surface area contributed by atoms with Crippen LogP contribution in [0.2, 0.25) is 5.02 Å². The minimum Gasteiger partial charge on any atom is -0.398 e. The Morgan fingerprint density at radius 2 is 2.31 bits per heavy atom. The Labute approximate surface area is 102 Å². The van der Waals surface area contributed by atoms with Gasteiger partial charge in [-0.3, -0.25) is 4.90 Å². The molecular weight excluding hydrogens is 220 g/mol. The average molecular weight is 239 g/mol. The molecule has 0 spiro atoms. The summed E-state index contributed by atoms with van der Waals surface area (Å²) in [7, 11) is 0. The second-order valence-electron chi connectivity index (χ2n) is 4.64. The number of nitrogens with two attached hydrogens (primary N) is 1. The van der Waals surface area contributed by atoms with Gasteiger partial charge in [-0.05, 0) is 36.6 Å². The molecule has 1 atom stereocenters. The second-order valence-corrected chi connectivity index (χ2v) is 5.08. The molecule has 0 amide bonds. The van der Waals surface area contributed by atoms with Crippen molar-refractivity contribution in [3.63, 3.8) is 0 Å². The molecule has 16 heavy (non-hydrogen) atoms. The molecule has 0 radical (unpaired) electrons. The van der Waals surface area contributed by atoms with E-state index in [1.54, 1.807) is 0 Å². The number of halogens is 1. The third-order valence-corrected chi connectivity index (χ3v) is 3.68. The van der Waals surface area contributed by atoms with Crippen molar-refractivity contribution in [2.45, 2.75) is 26.3 Å². The fourth-order valence-corrected chi connectivity index (χ4v) is 2.52. The van der Waals surface area contributed by atoms with Gasteiger partial charge in [0.25, 0.3) is 0 Å². The first-order valence-corrected chi connectivity index (χ1v) is 6.33. The first-order chi connectivity index (χ1) is 7.69. The molecule has 88 valence electrons. The number of anilines is 1. The molecule has 2 N–H and O–H groups in total. The van der Waals surface area contributed by atoms with Gasteiger partial charge in [-0.15, -0.1) is 0 Å². The standard InChI is InChI=1S/C13H19ClN2/c1-2-10-5-6-16(8-10)9-11-3-4-12(14)7-13(11)15/h3-4,7,10H,2,5-6,8-9,15H2,1H3. The molecule has 2 nitrogen and oxygen atoms in total. The Morgan fingerprint density at radius 1 is 1.50 bits per heavy atom. The number of benzene rings is 1. The van der Waals surface area contributed by atoms with Crippen LogP contribution in [0.5, 0.6) is 0 Å². The first kappa shape index (κ1) is 11.7. The number of hydrogen-bond donors (Lipinski definition) is 1. The molecule has 0 aromatic heterocycles. The minimum absolute atomic E-state index is 0.717. The summed E-state index contributed by atoms with van der Waals surface area (Å²) in [5.41, 5.74) is 7.96. The average Bonchev–Trinajstić information content (AvgIpc) is 2.70. The summed E-state index contributed by atoms with van der Waals surface area (Å²) in [4.78, 5) is 2.48. The van der Waals surface area contributed by atoms with E-state index in [0.29, 0.717) is 5.02 Å². The van der Waals surface area contributed by atoms with Crippen LogP contribution in [0.1, 0.15) is 25.3 Å². The Kier molecular flexibility index (Phi) is 3.72. The predicted molar refractivity (Wildman–Crippen MR) is 69.5 cm³/mol. The quantitative estimate of drug-likeness (QED) is 0.820. The highest BCUT2D eigenvalue weighted by Crippen LogP contribution is 2.24. The third kappa shape index (κ3) is 2.69. The van der Waals surface area contributed by atoms with E-state index in [-0.39, 0.29) is 0 Å². The summed E-state index contributed by atoms with van der Waals surface area (Å²) < 4.78 is 0. The topological polar surface area (TPSA) is 29.3 Å². The van der Waals surface area contributed by atoms with Gasteiger partial charge in [0.2, 0.25) is 0 Å². The highest BCUT2D eigenvalue weighted by molar-refractivity contribution is 6.30. The van der Waals surface area contributed by atoms with Crippen LogP contribution >= 0.6 is 11.6 Å². The molecule has 1 fully saturated rings. The highest BCUT2D eigenvalue weighted by Gasteiger charge is 2.21. The second kappa shape index (κ2) is 5.07. The zero-order valence-electron chi connectivity index (χ0n) is 9.75. The fourth-order valence-electron chi connectivity index (χ4n) is 2.34. The lowest BCUT2D eigenvalue weighted by molar-refractivity contribution is 0.316. The summed E-state index contributed by atoms with van der Waals surface area (Å²) in [6.07, 6.45) is 2.61. The van der Waals surface area contributed by atoms with E-state index in [9.17, 15) is 0 Å². The lowest BCUT2D eigenvalue weighted by Gasteiger charge is -2.17. The van der Waals surface area contributed by atoms with Crippen LogP contribution in [0.3, 0.4) is 0 Å². The maximum Gasteiger partial charge on any atom is 0.0426 e. The van der Waals surface area contributed by atoms with E-state index >= 15 is 0 Å². The van der Waals surface area contributed by atoms with Crippen molar-refractivity contribution in [2.24, 2.45) is 5.92 Å². The van der Waals surface area contributed by atoms with Crippen LogP contribution < -0.4 is 5.73 Å². The van der Waals surface area contributed by atoms with Crippen molar-refractivity contribution < 1.29 is 0 Å². The molecule has 1 aliphatic heterocycles. The van der Waals surface area contributed by atoms with Gasteiger partial charge in [-0.25, -0.2) is 0 Å². The van der Waals surface area contributed by atoms with E-state index in [4.69, 9.17) is 17.3 Å². The van der Waals surface area contributed by atoms with Crippen molar-refractivity contribution in [3.05, 3.63) is 28.8 Å². The van der Waals surface area contributed by atoms with Gasteiger partial charge in [-0.1, -0.05) is 31.0 Å². The predicted octanol–water partition coefficient (Wildman–Crippen LogP) is 3.15. The largest absolute Gasteiger partial charge is 0.398 e. The van der Waals surface area contributed by atoms with E-state index in [2.05, 4.69) is 11.8 Å². The zero-order chi connectivity index (χ0) is 11.5. The number of likely N-dealkylation sites (tertiary alicyclic amines) is 1. The highest BCUT2D eigenvalue weighted by atomic mass is 35.5. The molecular formula is C13H19ClN2. The maximum absolute atomic E-state index is 5.96. The number of nitrogen functional groups attached to an aromatic ring is 1. The molecule has 1 saturated heterocycles. The first-order valence-electron chi connectivity index (χ1n) is 5.95. The molecule has 0 saturated carbocycles. The Morgan fingerprint density at radius 3 is 2.94 bits per heavy atom. The normalized spacial score (nSPS) is 21.5. The molecule has 0 aliphatic carbocycles. The van der Waals surface area contributed by atoms with Gasteiger partial charge in [0.05, 0.1) is 0 Å². The molecule has 1 heterocycles.